The second-order valence-electron chi connectivity index (χ2n) is 5.64. The monoisotopic (exact) mass is 418 g/mol. The fourth-order valence-corrected chi connectivity index (χ4v) is 5.24. The molecule has 0 radical (unpaired) electrons. The normalized spacial score (nSPS) is 11.2. The van der Waals surface area contributed by atoms with Crippen LogP contribution in [0.5, 0.6) is 0 Å². The van der Waals surface area contributed by atoms with Gasteiger partial charge < -0.3 is 14.1 Å². The molecule has 0 bridgehead atoms. The van der Waals surface area contributed by atoms with Crippen molar-refractivity contribution in [3.05, 3.63) is 56.4 Å². The molecule has 0 fully saturated rings. The van der Waals surface area contributed by atoms with Gasteiger partial charge in [0.05, 0.1) is 18.2 Å². The number of hydrogen-bond acceptors (Lipinski definition) is 8. The number of rotatable bonds is 5. The Balaban J connectivity index is 1.59. The smallest absolute Gasteiger partial charge is 0.341 e. The number of aromatic nitrogens is 2. The number of thiophene rings is 2. The third kappa shape index (κ3) is 3.45. The molecule has 0 aromatic carbocycles. The molecule has 0 saturated heterocycles. The fourth-order valence-electron chi connectivity index (χ4n) is 2.68. The van der Waals surface area contributed by atoms with Crippen molar-refractivity contribution in [2.45, 2.75) is 17.8 Å². The van der Waals surface area contributed by atoms with Crippen molar-refractivity contribution in [3.63, 3.8) is 0 Å². The molecule has 4 rings (SSSR count). The van der Waals surface area contributed by atoms with E-state index in [0.717, 1.165) is 10.4 Å². The molecule has 0 aliphatic carbocycles. The Morgan fingerprint density at radius 3 is 3.00 bits per heavy atom. The van der Waals surface area contributed by atoms with Gasteiger partial charge in [0.25, 0.3) is 5.56 Å². The van der Waals surface area contributed by atoms with Crippen LogP contribution in [0.15, 0.2) is 43.3 Å². The van der Waals surface area contributed by atoms with Gasteiger partial charge in [-0.3, -0.25) is 4.79 Å². The van der Waals surface area contributed by atoms with E-state index in [2.05, 4.69) is 9.97 Å². The quantitative estimate of drug-likeness (QED) is 0.287. The van der Waals surface area contributed by atoms with E-state index in [1.807, 2.05) is 22.9 Å². The van der Waals surface area contributed by atoms with E-state index in [0.29, 0.717) is 38.2 Å². The molecular formula is C18H14N2O4S3. The highest BCUT2D eigenvalue weighted by atomic mass is 32.2. The summed E-state index contributed by atoms with van der Waals surface area (Å²) in [4.78, 5) is 33.4. The Bertz CT molecular complexity index is 1170. The minimum Gasteiger partial charge on any atom is -0.465 e. The lowest BCUT2D eigenvalue weighted by Crippen LogP contribution is -2.08. The minimum absolute atomic E-state index is 0.155. The lowest BCUT2D eigenvalue weighted by Gasteiger charge is -2.00. The molecule has 4 heterocycles. The van der Waals surface area contributed by atoms with Gasteiger partial charge in [0.1, 0.15) is 21.9 Å². The number of thioether (sulfide) groups is 1. The third-order valence-electron chi connectivity index (χ3n) is 3.93. The van der Waals surface area contributed by atoms with Gasteiger partial charge >= 0.3 is 5.97 Å². The molecule has 0 spiro atoms. The van der Waals surface area contributed by atoms with E-state index in [9.17, 15) is 9.59 Å². The molecule has 1 N–H and O–H groups in total. The van der Waals surface area contributed by atoms with E-state index in [-0.39, 0.29) is 5.56 Å². The van der Waals surface area contributed by atoms with Crippen LogP contribution in [0.25, 0.3) is 20.7 Å². The minimum atomic E-state index is -0.430. The first-order valence-corrected chi connectivity index (χ1v) is 10.7. The first-order valence-electron chi connectivity index (χ1n) is 7.92. The van der Waals surface area contributed by atoms with E-state index in [4.69, 9.17) is 9.15 Å². The van der Waals surface area contributed by atoms with Crippen LogP contribution in [-0.4, -0.2) is 23.0 Å². The summed E-state index contributed by atoms with van der Waals surface area (Å²) in [5, 5.41) is 5.08. The molecule has 4 aromatic heterocycles. The highest BCUT2D eigenvalue weighted by molar-refractivity contribution is 7.98. The summed E-state index contributed by atoms with van der Waals surface area (Å²) in [5.41, 5.74) is 1.17. The highest BCUT2D eigenvalue weighted by Gasteiger charge is 2.17. The van der Waals surface area contributed by atoms with Crippen molar-refractivity contribution in [2.24, 2.45) is 0 Å². The summed E-state index contributed by atoms with van der Waals surface area (Å²) in [6, 6.07) is 5.61. The zero-order valence-electron chi connectivity index (χ0n) is 14.4. The van der Waals surface area contributed by atoms with Crippen LogP contribution < -0.4 is 5.56 Å². The molecule has 27 heavy (non-hydrogen) atoms. The van der Waals surface area contributed by atoms with Crippen molar-refractivity contribution >= 4 is 50.6 Å². The number of carbonyl (C=O) groups excluding carboxylic acids is 1. The molecule has 138 valence electrons. The average Bonchev–Trinajstić information content (AvgIpc) is 3.38. The second kappa shape index (κ2) is 7.34. The number of esters is 1. The van der Waals surface area contributed by atoms with Crippen LogP contribution in [-0.2, 0) is 10.5 Å². The van der Waals surface area contributed by atoms with Gasteiger partial charge in [-0.05, 0) is 24.4 Å². The first kappa shape index (κ1) is 18.0. The molecule has 9 heteroatoms. The lowest BCUT2D eigenvalue weighted by atomic mass is 10.2. The number of fused-ring (bicyclic) bond motifs is 1. The number of furan rings is 1. The summed E-state index contributed by atoms with van der Waals surface area (Å²) < 4.78 is 10.3. The van der Waals surface area contributed by atoms with Crippen LogP contribution in [0.2, 0.25) is 0 Å². The number of nitrogens with one attached hydrogen (secondary N) is 1. The van der Waals surface area contributed by atoms with Gasteiger partial charge in [0, 0.05) is 15.8 Å². The molecule has 0 saturated carbocycles. The van der Waals surface area contributed by atoms with Crippen molar-refractivity contribution in [1.82, 2.24) is 9.97 Å². The lowest BCUT2D eigenvalue weighted by molar-refractivity contribution is 0.0599. The molecular weight excluding hydrogens is 404 g/mol. The number of hydrogen-bond donors (Lipinski definition) is 1. The van der Waals surface area contributed by atoms with Crippen molar-refractivity contribution in [2.75, 3.05) is 7.11 Å². The van der Waals surface area contributed by atoms with Crippen LogP contribution in [0.1, 0.15) is 21.9 Å². The number of methoxy groups -OCH3 is 1. The van der Waals surface area contributed by atoms with Gasteiger partial charge in [0.15, 0.2) is 5.16 Å². The molecule has 0 atom stereocenters. The molecule has 0 amide bonds. The maximum absolute atomic E-state index is 12.6. The van der Waals surface area contributed by atoms with E-state index in [1.165, 1.54) is 30.2 Å². The van der Waals surface area contributed by atoms with E-state index in [1.54, 1.807) is 24.3 Å². The van der Waals surface area contributed by atoms with Gasteiger partial charge in [-0.15, -0.1) is 22.7 Å². The first-order chi connectivity index (χ1) is 13.1. The topological polar surface area (TPSA) is 85.2 Å². The molecule has 4 aromatic rings. The predicted octanol–water partition coefficient (Wildman–Crippen LogP) is 4.69. The Hall–Kier alpha value is -2.36. The molecule has 0 aliphatic rings. The molecule has 6 nitrogen and oxygen atoms in total. The number of carbonyl (C=O) groups is 1. The summed E-state index contributed by atoms with van der Waals surface area (Å²) in [6.07, 6.45) is 0. The summed E-state index contributed by atoms with van der Waals surface area (Å²) in [6.45, 7) is 1.71. The van der Waals surface area contributed by atoms with E-state index >= 15 is 0 Å². The predicted molar refractivity (Wildman–Crippen MR) is 108 cm³/mol. The Morgan fingerprint density at radius 1 is 1.41 bits per heavy atom. The van der Waals surface area contributed by atoms with Crippen LogP contribution in [0.3, 0.4) is 0 Å². The van der Waals surface area contributed by atoms with Crippen molar-refractivity contribution in [1.29, 1.82) is 0 Å². The fraction of sp³-hybridized carbons (Fsp3) is 0.167. The Morgan fingerprint density at radius 2 is 2.26 bits per heavy atom. The number of ether oxygens (including phenoxy) is 1. The number of H-pyrrole nitrogens is 1. The molecule has 0 unspecified atom stereocenters. The van der Waals surface area contributed by atoms with Gasteiger partial charge in [-0.2, -0.15) is 0 Å². The number of aryl methyl sites for hydroxylation is 1. The van der Waals surface area contributed by atoms with Crippen LogP contribution >= 0.6 is 34.4 Å². The zero-order chi connectivity index (χ0) is 19.0. The Labute approximate surface area is 166 Å². The zero-order valence-corrected chi connectivity index (χ0v) is 16.8. The van der Waals surface area contributed by atoms with Crippen LogP contribution in [0.4, 0.5) is 0 Å². The summed E-state index contributed by atoms with van der Waals surface area (Å²) in [7, 11) is 1.33. The summed E-state index contributed by atoms with van der Waals surface area (Å²) >= 11 is 4.40. The highest BCUT2D eigenvalue weighted by Crippen LogP contribution is 2.34. The maximum atomic E-state index is 12.6. The molecule has 0 aliphatic heterocycles. The largest absolute Gasteiger partial charge is 0.465 e. The number of aromatic amines is 1. The van der Waals surface area contributed by atoms with Gasteiger partial charge in [-0.25, -0.2) is 9.78 Å². The van der Waals surface area contributed by atoms with Gasteiger partial charge in [0.2, 0.25) is 0 Å². The SMILES string of the molecule is COC(=O)c1cc(CSc2nc3scc(-c4cccs4)c3c(=O)[nH]2)oc1C. The van der Waals surface area contributed by atoms with Gasteiger partial charge in [-0.1, -0.05) is 17.8 Å². The average molecular weight is 419 g/mol. The second-order valence-corrected chi connectivity index (χ2v) is 8.41. The summed E-state index contributed by atoms with van der Waals surface area (Å²) in [5.74, 6) is 1.13. The van der Waals surface area contributed by atoms with Crippen LogP contribution in [0, 0.1) is 6.92 Å². The maximum Gasteiger partial charge on any atom is 0.341 e. The Kier molecular flexibility index (Phi) is 4.90. The van der Waals surface area contributed by atoms with Crippen molar-refractivity contribution in [3.8, 4) is 10.4 Å². The van der Waals surface area contributed by atoms with E-state index < -0.39 is 5.97 Å². The van der Waals surface area contributed by atoms with Crippen molar-refractivity contribution < 1.29 is 13.9 Å². The third-order valence-corrected chi connectivity index (χ3v) is 6.61. The number of nitrogens with zero attached hydrogens (tertiary/aromatic N) is 1. The standard InChI is InChI=1S/C18H14N2O4S3/c1-9-11(17(22)23-2)6-10(24-9)7-27-18-19-15(21)14-12(8-26-16(14)20-18)13-4-3-5-25-13/h3-6,8H,7H2,1-2H3,(H,19,20,21).